The summed E-state index contributed by atoms with van der Waals surface area (Å²) in [5.41, 5.74) is 0. The molecule has 0 unspecified atom stereocenters. The Morgan fingerprint density at radius 1 is 0.612 bits per heavy atom. The minimum absolute atomic E-state index is 0.00112. The highest BCUT2D eigenvalue weighted by molar-refractivity contribution is 5.70. The highest BCUT2D eigenvalue weighted by atomic mass is 16.6. The van der Waals surface area contributed by atoms with Gasteiger partial charge in [0.05, 0.1) is 24.9 Å². The fourth-order valence-corrected chi connectivity index (χ4v) is 5.13. The van der Waals surface area contributed by atoms with Crippen LogP contribution in [0.4, 0.5) is 0 Å². The predicted octanol–water partition coefficient (Wildman–Crippen LogP) is 8.53. The Balaban J connectivity index is 3.93. The van der Waals surface area contributed by atoms with E-state index >= 15 is 0 Å². The van der Waals surface area contributed by atoms with Crippen LogP contribution in [0.1, 0.15) is 149 Å². The quantitative estimate of drug-likeness (QED) is 0.0233. The lowest BCUT2D eigenvalue weighted by Crippen LogP contribution is -2.29. The molecule has 282 valence electrons. The summed E-state index contributed by atoms with van der Waals surface area (Å²) in [6.07, 6.45) is 35.1. The Labute approximate surface area is 298 Å². The maximum Gasteiger partial charge on any atom is 0.306 e. The number of aliphatic hydroxyl groups excluding tert-OH is 4. The molecule has 0 aromatic rings. The molecule has 4 atom stereocenters. The standard InChI is InChI=1S/C41H70O8/c1-3-5-7-8-9-10-11-12-13-14-15-16-17-22-26-32-40(46)48-35-37(34-42)49-41(47)33-27-31-39(45)38(44)30-25-21-19-18-20-24-29-36(43)28-23-6-4-2/h6,18-21,23-25,29-30,36-39,42-45H,3-5,7-17,22,26-28,31-35H2,1-2H3/b20-18+,21-19-,23-6-,29-24+,30-25-/t36-,37-,38+,39+/m0/s1. The van der Waals surface area contributed by atoms with Crippen LogP contribution in [0, 0.1) is 0 Å². The molecule has 0 saturated carbocycles. The second-order valence-electron chi connectivity index (χ2n) is 12.8. The van der Waals surface area contributed by atoms with E-state index in [0.717, 1.165) is 25.7 Å². The van der Waals surface area contributed by atoms with Crippen molar-refractivity contribution in [2.24, 2.45) is 0 Å². The highest BCUT2D eigenvalue weighted by Gasteiger charge is 2.18. The van der Waals surface area contributed by atoms with Crippen LogP contribution in [-0.2, 0) is 19.1 Å². The van der Waals surface area contributed by atoms with Crippen molar-refractivity contribution in [1.29, 1.82) is 0 Å². The van der Waals surface area contributed by atoms with Crippen LogP contribution in [0.2, 0.25) is 0 Å². The van der Waals surface area contributed by atoms with Crippen LogP contribution in [-0.4, -0.2) is 70.0 Å². The molecule has 0 bridgehead atoms. The van der Waals surface area contributed by atoms with Crippen molar-refractivity contribution < 1.29 is 39.5 Å². The summed E-state index contributed by atoms with van der Waals surface area (Å²) in [5.74, 6) is -0.925. The molecule has 0 spiro atoms. The summed E-state index contributed by atoms with van der Waals surface area (Å²) in [6, 6.07) is 0. The Morgan fingerprint density at radius 2 is 1.12 bits per heavy atom. The van der Waals surface area contributed by atoms with Gasteiger partial charge in [-0.3, -0.25) is 9.59 Å². The summed E-state index contributed by atoms with van der Waals surface area (Å²) in [6.45, 7) is 3.65. The van der Waals surface area contributed by atoms with Crippen molar-refractivity contribution >= 4 is 11.9 Å². The number of unbranched alkanes of at least 4 members (excludes halogenated alkanes) is 14. The van der Waals surface area contributed by atoms with Crippen molar-refractivity contribution in [3.8, 4) is 0 Å². The van der Waals surface area contributed by atoms with E-state index in [2.05, 4.69) is 6.92 Å². The van der Waals surface area contributed by atoms with Crippen molar-refractivity contribution in [1.82, 2.24) is 0 Å². The van der Waals surface area contributed by atoms with E-state index < -0.39 is 37.0 Å². The molecule has 49 heavy (non-hydrogen) atoms. The minimum atomic E-state index is -1.09. The van der Waals surface area contributed by atoms with Gasteiger partial charge < -0.3 is 29.9 Å². The first-order chi connectivity index (χ1) is 23.8. The molecule has 0 heterocycles. The lowest BCUT2D eigenvalue weighted by Gasteiger charge is -2.17. The van der Waals surface area contributed by atoms with E-state index in [1.54, 1.807) is 42.5 Å². The molecular formula is C41H70O8. The fraction of sp³-hybridized carbons (Fsp3) is 0.707. The van der Waals surface area contributed by atoms with Crippen molar-refractivity contribution in [2.75, 3.05) is 13.2 Å². The van der Waals surface area contributed by atoms with Crippen molar-refractivity contribution in [3.05, 3.63) is 60.8 Å². The van der Waals surface area contributed by atoms with E-state index in [1.165, 1.54) is 83.1 Å². The molecule has 0 aliphatic heterocycles. The van der Waals surface area contributed by atoms with Gasteiger partial charge in [-0.1, -0.05) is 164 Å². The SMILES string of the molecule is CC/C=C\C[C@H](O)/C=C/C=C/C=C\C=C/[C@@H](O)[C@H](O)CCCC(=O)O[C@@H](CO)COC(=O)CCCCCCCCCCCCCCCCC. The second kappa shape index (κ2) is 35.3. The van der Waals surface area contributed by atoms with Gasteiger partial charge in [-0.2, -0.15) is 0 Å². The average Bonchev–Trinajstić information content (AvgIpc) is 3.09. The maximum absolute atomic E-state index is 12.2. The largest absolute Gasteiger partial charge is 0.462 e. The highest BCUT2D eigenvalue weighted by Crippen LogP contribution is 2.14. The van der Waals surface area contributed by atoms with E-state index in [4.69, 9.17) is 9.47 Å². The van der Waals surface area contributed by atoms with E-state index in [9.17, 15) is 30.0 Å². The van der Waals surface area contributed by atoms with E-state index in [1.807, 2.05) is 19.1 Å². The molecule has 8 nitrogen and oxygen atoms in total. The first-order valence-corrected chi connectivity index (χ1v) is 19.2. The van der Waals surface area contributed by atoms with Gasteiger partial charge >= 0.3 is 11.9 Å². The number of carbonyl (C=O) groups excluding carboxylic acids is 2. The van der Waals surface area contributed by atoms with E-state index in [0.29, 0.717) is 12.8 Å². The van der Waals surface area contributed by atoms with Gasteiger partial charge in [0.25, 0.3) is 0 Å². The molecule has 0 aliphatic carbocycles. The Hall–Kier alpha value is -2.52. The van der Waals surface area contributed by atoms with Gasteiger partial charge in [0.1, 0.15) is 6.61 Å². The van der Waals surface area contributed by atoms with Crippen LogP contribution in [0.25, 0.3) is 0 Å². The lowest BCUT2D eigenvalue weighted by molar-refractivity contribution is -0.161. The molecule has 0 aromatic carbocycles. The maximum atomic E-state index is 12.2. The predicted molar refractivity (Wildman–Crippen MR) is 200 cm³/mol. The fourth-order valence-electron chi connectivity index (χ4n) is 5.13. The summed E-state index contributed by atoms with van der Waals surface area (Å²) < 4.78 is 10.4. The minimum Gasteiger partial charge on any atom is -0.462 e. The zero-order chi connectivity index (χ0) is 36.2. The second-order valence-corrected chi connectivity index (χ2v) is 12.8. The molecule has 8 heteroatoms. The third-order valence-electron chi connectivity index (χ3n) is 8.17. The van der Waals surface area contributed by atoms with Gasteiger partial charge in [-0.25, -0.2) is 0 Å². The van der Waals surface area contributed by atoms with Gasteiger partial charge in [-0.15, -0.1) is 0 Å². The number of hydrogen-bond donors (Lipinski definition) is 4. The third-order valence-corrected chi connectivity index (χ3v) is 8.17. The average molecular weight is 691 g/mol. The number of allylic oxidation sites excluding steroid dienone is 7. The Morgan fingerprint density at radius 3 is 1.67 bits per heavy atom. The van der Waals surface area contributed by atoms with Crippen LogP contribution in [0.3, 0.4) is 0 Å². The third kappa shape index (κ3) is 32.4. The number of esters is 2. The topological polar surface area (TPSA) is 134 Å². The smallest absolute Gasteiger partial charge is 0.306 e. The van der Waals surface area contributed by atoms with Crippen molar-refractivity contribution in [2.45, 2.75) is 173 Å². The summed E-state index contributed by atoms with van der Waals surface area (Å²) in [7, 11) is 0. The summed E-state index contributed by atoms with van der Waals surface area (Å²) in [5, 5.41) is 39.6. The zero-order valence-corrected chi connectivity index (χ0v) is 30.8. The van der Waals surface area contributed by atoms with Gasteiger partial charge in [0, 0.05) is 12.8 Å². The molecule has 0 radical (unpaired) electrons. The molecule has 0 amide bonds. The Bertz CT molecular complexity index is 922. The molecule has 0 aromatic heterocycles. The summed E-state index contributed by atoms with van der Waals surface area (Å²) in [4.78, 5) is 24.3. The zero-order valence-electron chi connectivity index (χ0n) is 30.8. The number of rotatable bonds is 33. The van der Waals surface area contributed by atoms with Crippen LogP contribution in [0.15, 0.2) is 60.8 Å². The first-order valence-electron chi connectivity index (χ1n) is 19.2. The molecule has 0 fully saturated rings. The number of ether oxygens (including phenoxy) is 2. The number of aliphatic hydroxyl groups is 4. The van der Waals surface area contributed by atoms with Crippen LogP contribution in [0.5, 0.6) is 0 Å². The van der Waals surface area contributed by atoms with Crippen LogP contribution < -0.4 is 0 Å². The number of hydrogen-bond acceptors (Lipinski definition) is 8. The molecule has 4 N–H and O–H groups in total. The molecular weight excluding hydrogens is 620 g/mol. The normalized spacial score (nSPS) is 14.8. The van der Waals surface area contributed by atoms with Crippen molar-refractivity contribution in [3.63, 3.8) is 0 Å². The van der Waals surface area contributed by atoms with Gasteiger partial charge in [0.15, 0.2) is 6.10 Å². The molecule has 0 saturated heterocycles. The molecule has 0 rings (SSSR count). The number of carbonyl (C=O) groups is 2. The van der Waals surface area contributed by atoms with Gasteiger partial charge in [0.2, 0.25) is 0 Å². The van der Waals surface area contributed by atoms with E-state index in [-0.39, 0.29) is 31.8 Å². The van der Waals surface area contributed by atoms with Gasteiger partial charge in [-0.05, 0) is 32.1 Å². The Kier molecular flexibility index (Phi) is 33.5. The monoisotopic (exact) mass is 691 g/mol. The summed E-state index contributed by atoms with van der Waals surface area (Å²) >= 11 is 0. The lowest BCUT2D eigenvalue weighted by atomic mass is 10.0. The molecule has 0 aliphatic rings. The van der Waals surface area contributed by atoms with Crippen LogP contribution >= 0.6 is 0 Å². The first kappa shape index (κ1) is 46.5.